The fourth-order valence-corrected chi connectivity index (χ4v) is 2.14. The van der Waals surface area contributed by atoms with E-state index in [0.29, 0.717) is 5.92 Å². The molecule has 1 aromatic carbocycles. The lowest BCUT2D eigenvalue weighted by molar-refractivity contribution is 0.221. The molecule has 0 fully saturated rings. The van der Waals surface area contributed by atoms with Crippen LogP contribution < -0.4 is 4.74 Å². The van der Waals surface area contributed by atoms with Gasteiger partial charge in [0.1, 0.15) is 5.75 Å². The Bertz CT molecular complexity index is 341. The number of benzene rings is 1. The molecule has 1 rings (SSSR count). The smallest absolute Gasteiger partial charge is 0.124 e. The van der Waals surface area contributed by atoms with E-state index in [9.17, 15) is 5.11 Å². The van der Waals surface area contributed by atoms with Crippen molar-refractivity contribution in [3.05, 3.63) is 28.8 Å². The van der Waals surface area contributed by atoms with Crippen LogP contribution in [-0.4, -0.2) is 18.8 Å². The standard InChI is InChI=1S/C14H22O2/c1-5-12(9-15)8-13-7-10(2)6-11(3)14(13)16-4/h6-7,12,15H,5,8-9H2,1-4H3. The molecular formula is C14H22O2. The second-order valence-electron chi connectivity index (χ2n) is 4.44. The van der Waals surface area contributed by atoms with Crippen LogP contribution in [0.15, 0.2) is 12.1 Å². The first-order chi connectivity index (χ1) is 7.62. The van der Waals surface area contributed by atoms with Crippen LogP contribution in [0.3, 0.4) is 0 Å². The Hall–Kier alpha value is -1.02. The van der Waals surface area contributed by atoms with Crippen molar-refractivity contribution in [1.29, 1.82) is 0 Å². The summed E-state index contributed by atoms with van der Waals surface area (Å²) in [6.07, 6.45) is 1.88. The van der Waals surface area contributed by atoms with Crippen LogP contribution in [0, 0.1) is 19.8 Å². The predicted molar refractivity (Wildman–Crippen MR) is 67.0 cm³/mol. The molecule has 0 aromatic heterocycles. The summed E-state index contributed by atoms with van der Waals surface area (Å²) in [6.45, 7) is 6.51. The van der Waals surface area contributed by atoms with Crippen LogP contribution in [0.25, 0.3) is 0 Å². The Labute approximate surface area is 98.3 Å². The molecule has 1 unspecified atom stereocenters. The van der Waals surface area contributed by atoms with Crippen molar-refractivity contribution in [2.24, 2.45) is 5.92 Å². The number of ether oxygens (including phenoxy) is 1. The SMILES string of the molecule is CCC(CO)Cc1cc(C)cc(C)c1OC. The van der Waals surface area contributed by atoms with Gasteiger partial charge in [0.05, 0.1) is 7.11 Å². The van der Waals surface area contributed by atoms with Crippen LogP contribution in [0.2, 0.25) is 0 Å². The van der Waals surface area contributed by atoms with Crippen LogP contribution in [-0.2, 0) is 6.42 Å². The number of hydrogen-bond acceptors (Lipinski definition) is 2. The Morgan fingerprint density at radius 2 is 2.00 bits per heavy atom. The summed E-state index contributed by atoms with van der Waals surface area (Å²) in [4.78, 5) is 0. The molecule has 0 bridgehead atoms. The molecule has 0 amide bonds. The predicted octanol–water partition coefficient (Wildman–Crippen LogP) is 2.87. The second kappa shape index (κ2) is 5.90. The fraction of sp³-hybridized carbons (Fsp3) is 0.571. The van der Waals surface area contributed by atoms with E-state index in [1.54, 1.807) is 7.11 Å². The lowest BCUT2D eigenvalue weighted by atomic mass is 9.94. The minimum atomic E-state index is 0.243. The van der Waals surface area contributed by atoms with Gasteiger partial charge in [0.2, 0.25) is 0 Å². The highest BCUT2D eigenvalue weighted by Crippen LogP contribution is 2.27. The molecule has 0 aliphatic rings. The molecule has 2 heteroatoms. The van der Waals surface area contributed by atoms with Gasteiger partial charge in [0.15, 0.2) is 0 Å². The highest BCUT2D eigenvalue weighted by atomic mass is 16.5. The van der Waals surface area contributed by atoms with Crippen molar-refractivity contribution in [2.45, 2.75) is 33.6 Å². The van der Waals surface area contributed by atoms with Gasteiger partial charge in [0.25, 0.3) is 0 Å². The molecule has 1 atom stereocenters. The molecule has 90 valence electrons. The molecule has 2 nitrogen and oxygen atoms in total. The summed E-state index contributed by atoms with van der Waals surface area (Å²) < 4.78 is 5.44. The molecule has 0 heterocycles. The first kappa shape index (κ1) is 13.0. The minimum absolute atomic E-state index is 0.243. The van der Waals surface area contributed by atoms with Gasteiger partial charge < -0.3 is 9.84 Å². The number of aryl methyl sites for hydroxylation is 2. The quantitative estimate of drug-likeness (QED) is 0.830. The Morgan fingerprint density at radius 3 is 2.50 bits per heavy atom. The van der Waals surface area contributed by atoms with Gasteiger partial charge in [0, 0.05) is 6.61 Å². The van der Waals surface area contributed by atoms with Gasteiger partial charge in [-0.2, -0.15) is 0 Å². The monoisotopic (exact) mass is 222 g/mol. The number of methoxy groups -OCH3 is 1. The minimum Gasteiger partial charge on any atom is -0.496 e. The number of hydrogen-bond donors (Lipinski definition) is 1. The van der Waals surface area contributed by atoms with Gasteiger partial charge in [-0.05, 0) is 37.3 Å². The topological polar surface area (TPSA) is 29.5 Å². The molecule has 0 saturated heterocycles. The van der Waals surface area contributed by atoms with Crippen molar-refractivity contribution >= 4 is 0 Å². The second-order valence-corrected chi connectivity index (χ2v) is 4.44. The van der Waals surface area contributed by atoms with Crippen LogP contribution in [0.4, 0.5) is 0 Å². The maximum Gasteiger partial charge on any atom is 0.124 e. The zero-order chi connectivity index (χ0) is 12.1. The van der Waals surface area contributed by atoms with Crippen molar-refractivity contribution in [3.63, 3.8) is 0 Å². The lowest BCUT2D eigenvalue weighted by Crippen LogP contribution is -2.09. The number of rotatable bonds is 5. The van der Waals surface area contributed by atoms with Crippen molar-refractivity contribution in [1.82, 2.24) is 0 Å². The van der Waals surface area contributed by atoms with Gasteiger partial charge in [-0.3, -0.25) is 0 Å². The summed E-state index contributed by atoms with van der Waals surface area (Å²) in [6, 6.07) is 4.28. The molecule has 0 spiro atoms. The molecule has 0 aliphatic heterocycles. The van der Waals surface area contributed by atoms with E-state index in [4.69, 9.17) is 4.74 Å². The maximum absolute atomic E-state index is 9.25. The maximum atomic E-state index is 9.25. The Balaban J connectivity index is 3.01. The van der Waals surface area contributed by atoms with E-state index in [-0.39, 0.29) is 6.61 Å². The van der Waals surface area contributed by atoms with E-state index in [2.05, 4.69) is 32.9 Å². The lowest BCUT2D eigenvalue weighted by Gasteiger charge is -2.17. The third-order valence-corrected chi connectivity index (χ3v) is 3.04. The summed E-state index contributed by atoms with van der Waals surface area (Å²) >= 11 is 0. The van der Waals surface area contributed by atoms with E-state index < -0.39 is 0 Å². The molecular weight excluding hydrogens is 200 g/mol. The van der Waals surface area contributed by atoms with Gasteiger partial charge in [-0.1, -0.05) is 31.0 Å². The molecule has 0 radical (unpaired) electrons. The fourth-order valence-electron chi connectivity index (χ4n) is 2.14. The first-order valence-electron chi connectivity index (χ1n) is 5.87. The van der Waals surface area contributed by atoms with E-state index >= 15 is 0 Å². The molecule has 1 aromatic rings. The highest BCUT2D eigenvalue weighted by molar-refractivity contribution is 5.44. The van der Waals surface area contributed by atoms with E-state index in [0.717, 1.165) is 18.6 Å². The van der Waals surface area contributed by atoms with Gasteiger partial charge in [-0.25, -0.2) is 0 Å². The van der Waals surface area contributed by atoms with E-state index in [1.165, 1.54) is 16.7 Å². The molecule has 1 N–H and O–H groups in total. The Kier molecular flexibility index (Phi) is 4.81. The summed E-state index contributed by atoms with van der Waals surface area (Å²) in [7, 11) is 1.71. The van der Waals surface area contributed by atoms with Crippen LogP contribution >= 0.6 is 0 Å². The van der Waals surface area contributed by atoms with Crippen LogP contribution in [0.5, 0.6) is 5.75 Å². The first-order valence-corrected chi connectivity index (χ1v) is 5.87. The summed E-state index contributed by atoms with van der Waals surface area (Å²) in [5.74, 6) is 1.30. The Morgan fingerprint density at radius 1 is 1.31 bits per heavy atom. The largest absolute Gasteiger partial charge is 0.496 e. The van der Waals surface area contributed by atoms with E-state index in [1.807, 2.05) is 0 Å². The number of aliphatic hydroxyl groups excluding tert-OH is 1. The molecule has 0 aliphatic carbocycles. The third kappa shape index (κ3) is 2.99. The zero-order valence-electron chi connectivity index (χ0n) is 10.7. The average Bonchev–Trinajstić information content (AvgIpc) is 2.25. The normalized spacial score (nSPS) is 12.6. The van der Waals surface area contributed by atoms with Crippen LogP contribution in [0.1, 0.15) is 30.0 Å². The van der Waals surface area contributed by atoms with Gasteiger partial charge in [-0.15, -0.1) is 0 Å². The zero-order valence-corrected chi connectivity index (χ0v) is 10.7. The summed E-state index contributed by atoms with van der Waals surface area (Å²) in [5.41, 5.74) is 3.63. The third-order valence-electron chi connectivity index (χ3n) is 3.04. The summed E-state index contributed by atoms with van der Waals surface area (Å²) in [5, 5.41) is 9.25. The molecule has 0 saturated carbocycles. The van der Waals surface area contributed by atoms with Gasteiger partial charge >= 0.3 is 0 Å². The highest BCUT2D eigenvalue weighted by Gasteiger charge is 2.12. The average molecular weight is 222 g/mol. The van der Waals surface area contributed by atoms with Crippen molar-refractivity contribution in [2.75, 3.05) is 13.7 Å². The van der Waals surface area contributed by atoms with Crippen molar-refractivity contribution < 1.29 is 9.84 Å². The van der Waals surface area contributed by atoms with Crippen molar-refractivity contribution in [3.8, 4) is 5.75 Å². The number of aliphatic hydroxyl groups is 1. The molecule has 16 heavy (non-hydrogen) atoms.